The minimum absolute atomic E-state index is 0.115. The Bertz CT molecular complexity index is 771. The van der Waals surface area contributed by atoms with E-state index in [4.69, 9.17) is 10.00 Å². The molecule has 4 nitrogen and oxygen atoms in total. The average molecular weight is 278 g/mol. The molecule has 1 aromatic heterocycles. The number of rotatable bonds is 1. The zero-order valence-corrected chi connectivity index (χ0v) is 11.8. The Morgan fingerprint density at radius 3 is 2.71 bits per heavy atom. The second kappa shape index (κ2) is 4.64. The zero-order chi connectivity index (χ0) is 15.0. The molecule has 4 heteroatoms. The van der Waals surface area contributed by atoms with Gasteiger partial charge in [-0.25, -0.2) is 0 Å². The van der Waals surface area contributed by atoms with Gasteiger partial charge in [0.1, 0.15) is 11.5 Å². The molecule has 2 aromatic rings. The second-order valence-electron chi connectivity index (χ2n) is 5.37. The summed E-state index contributed by atoms with van der Waals surface area (Å²) in [6, 6.07) is 12.8. The summed E-state index contributed by atoms with van der Waals surface area (Å²) in [7, 11) is 0. The molecule has 1 aliphatic rings. The fraction of sp³-hybridized carbons (Fsp3) is 0.176. The van der Waals surface area contributed by atoms with Gasteiger partial charge in [-0.2, -0.15) is 5.26 Å². The van der Waals surface area contributed by atoms with Gasteiger partial charge in [0.25, 0.3) is 0 Å². The third-order valence-electron chi connectivity index (χ3n) is 3.47. The maximum absolute atomic E-state index is 10.6. The van der Waals surface area contributed by atoms with Crippen molar-refractivity contribution in [3.8, 4) is 11.8 Å². The molecule has 0 spiro atoms. The first-order chi connectivity index (χ1) is 10.0. The van der Waals surface area contributed by atoms with Crippen LogP contribution in [0.15, 0.2) is 48.4 Å². The van der Waals surface area contributed by atoms with Crippen LogP contribution in [0.3, 0.4) is 0 Å². The number of benzene rings is 1. The summed E-state index contributed by atoms with van der Waals surface area (Å²) in [4.78, 5) is 4.32. The number of aromatic nitrogens is 1. The highest BCUT2D eigenvalue weighted by Gasteiger charge is 2.36. The van der Waals surface area contributed by atoms with Gasteiger partial charge in [0.05, 0.1) is 22.9 Å². The van der Waals surface area contributed by atoms with E-state index in [0.717, 1.165) is 0 Å². The minimum Gasteiger partial charge on any atom is -0.507 e. The quantitative estimate of drug-likeness (QED) is 0.867. The number of aliphatic hydroxyl groups is 1. The Morgan fingerprint density at radius 2 is 2.05 bits per heavy atom. The van der Waals surface area contributed by atoms with Crippen molar-refractivity contribution in [2.75, 3.05) is 0 Å². The topological polar surface area (TPSA) is 66.1 Å². The first-order valence-corrected chi connectivity index (χ1v) is 6.61. The Morgan fingerprint density at radius 1 is 1.24 bits per heavy atom. The van der Waals surface area contributed by atoms with E-state index in [0.29, 0.717) is 28.1 Å². The predicted octanol–water partition coefficient (Wildman–Crippen LogP) is 3.44. The summed E-state index contributed by atoms with van der Waals surface area (Å²) < 4.78 is 5.84. The molecule has 0 aliphatic carbocycles. The fourth-order valence-corrected chi connectivity index (χ4v) is 2.41. The van der Waals surface area contributed by atoms with E-state index in [1.54, 1.807) is 38.2 Å². The molecule has 0 fully saturated rings. The van der Waals surface area contributed by atoms with Crippen LogP contribution in [0.25, 0.3) is 5.57 Å². The van der Waals surface area contributed by atoms with Gasteiger partial charge in [-0.15, -0.1) is 0 Å². The number of fused-ring (bicyclic) bond motifs is 1. The number of aliphatic hydroxyl groups excluding tert-OH is 1. The SMILES string of the molecule is CC1(C)Oc2ccc(C#N)cc2C(c2ccccn2)=C1O. The first-order valence-electron chi connectivity index (χ1n) is 6.61. The lowest BCUT2D eigenvalue weighted by Crippen LogP contribution is -2.35. The van der Waals surface area contributed by atoms with E-state index in [1.807, 2.05) is 18.2 Å². The van der Waals surface area contributed by atoms with Gasteiger partial charge in [0, 0.05) is 11.8 Å². The van der Waals surface area contributed by atoms with Crippen molar-refractivity contribution < 1.29 is 9.84 Å². The van der Waals surface area contributed by atoms with E-state index in [1.165, 1.54) is 0 Å². The molecule has 1 aromatic carbocycles. The van der Waals surface area contributed by atoms with Crippen LogP contribution >= 0.6 is 0 Å². The number of pyridine rings is 1. The van der Waals surface area contributed by atoms with Gasteiger partial charge in [-0.1, -0.05) is 6.07 Å². The van der Waals surface area contributed by atoms with Crippen molar-refractivity contribution in [1.82, 2.24) is 4.98 Å². The Hall–Kier alpha value is -2.80. The van der Waals surface area contributed by atoms with E-state index in [9.17, 15) is 5.11 Å². The van der Waals surface area contributed by atoms with Crippen molar-refractivity contribution in [2.24, 2.45) is 0 Å². The zero-order valence-electron chi connectivity index (χ0n) is 11.8. The number of hydrogen-bond donors (Lipinski definition) is 1. The van der Waals surface area contributed by atoms with E-state index in [2.05, 4.69) is 11.1 Å². The molecule has 0 saturated heterocycles. The molecule has 0 saturated carbocycles. The third-order valence-corrected chi connectivity index (χ3v) is 3.47. The molecule has 21 heavy (non-hydrogen) atoms. The lowest BCUT2D eigenvalue weighted by atomic mass is 9.89. The molecule has 1 N–H and O–H groups in total. The van der Waals surface area contributed by atoms with Crippen LogP contribution in [0.4, 0.5) is 0 Å². The first kappa shape index (κ1) is 13.2. The van der Waals surface area contributed by atoms with Crippen molar-refractivity contribution in [3.05, 3.63) is 65.2 Å². The van der Waals surface area contributed by atoms with Crippen molar-refractivity contribution in [1.29, 1.82) is 5.26 Å². The molecule has 0 radical (unpaired) electrons. The average Bonchev–Trinajstić information content (AvgIpc) is 2.49. The van der Waals surface area contributed by atoms with Gasteiger partial charge < -0.3 is 9.84 Å². The van der Waals surface area contributed by atoms with E-state index < -0.39 is 5.60 Å². The lowest BCUT2D eigenvalue weighted by molar-refractivity contribution is 0.0922. The number of nitrogens with zero attached hydrogens (tertiary/aromatic N) is 2. The van der Waals surface area contributed by atoms with Crippen molar-refractivity contribution in [3.63, 3.8) is 0 Å². The molecule has 0 amide bonds. The number of ether oxygens (including phenoxy) is 1. The predicted molar refractivity (Wildman–Crippen MR) is 78.8 cm³/mol. The number of hydrogen-bond acceptors (Lipinski definition) is 4. The maximum atomic E-state index is 10.6. The summed E-state index contributed by atoms with van der Waals surface area (Å²) >= 11 is 0. The van der Waals surface area contributed by atoms with Gasteiger partial charge in [-0.05, 0) is 44.2 Å². The van der Waals surface area contributed by atoms with Gasteiger partial charge in [0.2, 0.25) is 0 Å². The Balaban J connectivity index is 2.31. The summed E-state index contributed by atoms with van der Waals surface area (Å²) in [5.41, 5.74) is 1.62. The summed E-state index contributed by atoms with van der Waals surface area (Å²) in [6.45, 7) is 3.60. The lowest BCUT2D eigenvalue weighted by Gasteiger charge is -2.33. The highest BCUT2D eigenvalue weighted by Crippen LogP contribution is 2.42. The van der Waals surface area contributed by atoms with Crippen LogP contribution in [-0.2, 0) is 0 Å². The van der Waals surface area contributed by atoms with Crippen molar-refractivity contribution >= 4 is 5.57 Å². The highest BCUT2D eigenvalue weighted by molar-refractivity contribution is 5.85. The van der Waals surface area contributed by atoms with Crippen LogP contribution < -0.4 is 4.74 Å². The van der Waals surface area contributed by atoms with Gasteiger partial charge in [0.15, 0.2) is 5.60 Å². The Labute approximate surface area is 123 Å². The van der Waals surface area contributed by atoms with Crippen LogP contribution in [0, 0.1) is 11.3 Å². The smallest absolute Gasteiger partial charge is 0.160 e. The summed E-state index contributed by atoms with van der Waals surface area (Å²) in [5, 5.41) is 19.7. The highest BCUT2D eigenvalue weighted by atomic mass is 16.5. The molecule has 0 atom stereocenters. The maximum Gasteiger partial charge on any atom is 0.160 e. The minimum atomic E-state index is -0.839. The van der Waals surface area contributed by atoms with Crippen LogP contribution in [0.1, 0.15) is 30.7 Å². The second-order valence-corrected chi connectivity index (χ2v) is 5.37. The van der Waals surface area contributed by atoms with Crippen molar-refractivity contribution in [2.45, 2.75) is 19.4 Å². The fourth-order valence-electron chi connectivity index (χ4n) is 2.41. The number of nitriles is 1. The molecule has 0 bridgehead atoms. The molecule has 104 valence electrons. The molecule has 0 unspecified atom stereocenters. The monoisotopic (exact) mass is 278 g/mol. The van der Waals surface area contributed by atoms with E-state index in [-0.39, 0.29) is 5.76 Å². The Kier molecular flexibility index (Phi) is 2.91. The van der Waals surface area contributed by atoms with Crippen LogP contribution in [0.2, 0.25) is 0 Å². The third kappa shape index (κ3) is 2.13. The molecule has 3 rings (SSSR count). The normalized spacial score (nSPS) is 15.9. The molecular formula is C17H14N2O2. The van der Waals surface area contributed by atoms with Gasteiger partial charge in [-0.3, -0.25) is 4.98 Å². The summed E-state index contributed by atoms with van der Waals surface area (Å²) in [5.74, 6) is 0.751. The largest absolute Gasteiger partial charge is 0.507 e. The van der Waals surface area contributed by atoms with Crippen LogP contribution in [0.5, 0.6) is 5.75 Å². The molecule has 2 heterocycles. The molecular weight excluding hydrogens is 264 g/mol. The van der Waals surface area contributed by atoms with Gasteiger partial charge >= 0.3 is 0 Å². The van der Waals surface area contributed by atoms with Crippen LogP contribution in [-0.4, -0.2) is 15.7 Å². The molecule has 1 aliphatic heterocycles. The van der Waals surface area contributed by atoms with E-state index >= 15 is 0 Å². The summed E-state index contributed by atoms with van der Waals surface area (Å²) in [6.07, 6.45) is 1.67. The standard InChI is InChI=1S/C17H14N2O2/c1-17(2)16(20)15(13-5-3-4-8-19-13)12-9-11(10-18)6-7-14(12)21-17/h3-9,20H,1-2H3.